The van der Waals surface area contributed by atoms with E-state index in [0.29, 0.717) is 12.8 Å². The van der Waals surface area contributed by atoms with Gasteiger partial charge < -0.3 is 40.3 Å². The van der Waals surface area contributed by atoms with Crippen LogP contribution in [-0.2, 0) is 14.3 Å². The molecule has 74 heavy (non-hydrogen) atoms. The van der Waals surface area contributed by atoms with Gasteiger partial charge in [-0.25, -0.2) is 0 Å². The summed E-state index contributed by atoms with van der Waals surface area (Å²) in [6.07, 6.45) is 61.8. The van der Waals surface area contributed by atoms with E-state index in [1.54, 1.807) is 0 Å². The van der Waals surface area contributed by atoms with Crippen molar-refractivity contribution in [2.45, 2.75) is 397 Å². The monoisotopic (exact) mass is 1050 g/mol. The summed E-state index contributed by atoms with van der Waals surface area (Å²) in [6.45, 7) is 3.89. The Kier molecular flexibility index (Phi) is 53.4. The van der Waals surface area contributed by atoms with Gasteiger partial charge in [0.25, 0.3) is 0 Å². The lowest BCUT2D eigenvalue weighted by Gasteiger charge is -2.40. The smallest absolute Gasteiger partial charge is 0.220 e. The van der Waals surface area contributed by atoms with Crippen molar-refractivity contribution in [3.05, 3.63) is 0 Å². The van der Waals surface area contributed by atoms with Gasteiger partial charge >= 0.3 is 0 Å². The zero-order chi connectivity index (χ0) is 53.6. The Bertz CT molecular complexity index is 1130. The van der Waals surface area contributed by atoms with Crippen molar-refractivity contribution in [3.63, 3.8) is 0 Å². The van der Waals surface area contributed by atoms with Crippen LogP contribution in [0, 0.1) is 0 Å². The van der Waals surface area contributed by atoms with E-state index >= 15 is 0 Å². The van der Waals surface area contributed by atoms with Crippen molar-refractivity contribution in [2.24, 2.45) is 0 Å². The lowest BCUT2D eigenvalue weighted by Crippen LogP contribution is -2.60. The van der Waals surface area contributed by atoms with Gasteiger partial charge in [-0.15, -0.1) is 0 Å². The maximum Gasteiger partial charge on any atom is 0.220 e. The van der Waals surface area contributed by atoms with Crippen LogP contribution < -0.4 is 5.32 Å². The van der Waals surface area contributed by atoms with Gasteiger partial charge in [-0.3, -0.25) is 4.79 Å². The van der Waals surface area contributed by atoms with Gasteiger partial charge in [0.05, 0.1) is 25.4 Å². The van der Waals surface area contributed by atoms with Gasteiger partial charge in [0.2, 0.25) is 5.91 Å². The van der Waals surface area contributed by atoms with Crippen LogP contribution in [0.1, 0.15) is 354 Å². The molecule has 1 heterocycles. The van der Waals surface area contributed by atoms with E-state index in [2.05, 4.69) is 19.2 Å². The Hall–Kier alpha value is -0.810. The van der Waals surface area contributed by atoms with Crippen molar-refractivity contribution >= 4 is 5.91 Å². The van der Waals surface area contributed by atoms with E-state index in [-0.39, 0.29) is 12.5 Å². The number of hydrogen-bond acceptors (Lipinski definition) is 8. The summed E-state index contributed by atoms with van der Waals surface area (Å²) in [4.78, 5) is 13.1. The molecule has 0 spiro atoms. The Morgan fingerprint density at radius 2 is 0.676 bits per heavy atom. The van der Waals surface area contributed by atoms with Crippen LogP contribution in [0.5, 0.6) is 0 Å². The second-order valence-corrected chi connectivity index (χ2v) is 23.6. The molecule has 6 N–H and O–H groups in total. The van der Waals surface area contributed by atoms with E-state index in [1.165, 1.54) is 289 Å². The second-order valence-electron chi connectivity index (χ2n) is 23.6. The fourth-order valence-electron chi connectivity index (χ4n) is 11.2. The standard InChI is InChI=1S/C65H129NO8/c1-3-5-7-9-11-13-15-17-19-20-21-22-23-24-25-26-27-28-29-30-31-32-33-34-35-36-37-38-39-41-43-45-47-49-51-53-55-61(69)66-58(57-73-65-64(72)63(71)62(70)60(56-67)74-65)59(68)54-52-50-48-46-44-42-40-18-16-14-12-10-8-6-4-2/h58-60,62-65,67-68,70-72H,3-57H2,1-2H3,(H,66,69)/t58-,59+,60+,62+,63?,64?,65+/m0/s1. The number of rotatable bonds is 59. The number of ether oxygens (including phenoxy) is 2. The molecule has 0 aromatic carbocycles. The molecule has 2 unspecified atom stereocenters. The number of carbonyl (C=O) groups is 1. The van der Waals surface area contributed by atoms with Crippen LogP contribution in [0.2, 0.25) is 0 Å². The maximum absolute atomic E-state index is 13.1. The molecule has 0 bridgehead atoms. The quantitative estimate of drug-likeness (QED) is 0.0330. The van der Waals surface area contributed by atoms with Crippen LogP contribution >= 0.6 is 0 Å². The van der Waals surface area contributed by atoms with Crippen molar-refractivity contribution in [1.29, 1.82) is 0 Å². The zero-order valence-corrected chi connectivity index (χ0v) is 49.4. The summed E-state index contributed by atoms with van der Waals surface area (Å²) >= 11 is 0. The zero-order valence-electron chi connectivity index (χ0n) is 49.4. The Morgan fingerprint density at radius 3 is 0.959 bits per heavy atom. The molecule has 9 heteroatoms. The van der Waals surface area contributed by atoms with Crippen molar-refractivity contribution < 1.29 is 39.8 Å². The predicted molar refractivity (Wildman–Crippen MR) is 314 cm³/mol. The third-order valence-electron chi connectivity index (χ3n) is 16.5. The molecule has 9 nitrogen and oxygen atoms in total. The number of unbranched alkanes of at least 4 members (excludes halogenated alkanes) is 49. The fourth-order valence-corrected chi connectivity index (χ4v) is 11.2. The summed E-state index contributed by atoms with van der Waals surface area (Å²) in [5.41, 5.74) is 0. The average molecular weight is 1050 g/mol. The molecule has 0 radical (unpaired) electrons. The number of aliphatic hydroxyl groups is 5. The van der Waals surface area contributed by atoms with Crippen LogP contribution in [0.4, 0.5) is 0 Å². The molecule has 7 atom stereocenters. The SMILES string of the molecule is CCCCCCCCCCCCCCCCCCCCCCCCCCCCCCCCCCCCCCC(=O)N[C@@H](CO[C@@H]1O[C@H](CO)[C@@H](O)C(O)C1O)[C@H](O)CCCCCCCCCCCCCCCCC. The van der Waals surface area contributed by atoms with Gasteiger partial charge in [-0.2, -0.15) is 0 Å². The molecule has 1 saturated heterocycles. The highest BCUT2D eigenvalue weighted by molar-refractivity contribution is 5.76. The van der Waals surface area contributed by atoms with Crippen LogP contribution in [-0.4, -0.2) is 87.5 Å². The Morgan fingerprint density at radius 1 is 0.405 bits per heavy atom. The molecule has 1 aliphatic heterocycles. The molecule has 0 aromatic heterocycles. The van der Waals surface area contributed by atoms with Gasteiger partial charge in [0, 0.05) is 6.42 Å². The van der Waals surface area contributed by atoms with Crippen LogP contribution in [0.25, 0.3) is 0 Å². The first kappa shape index (κ1) is 71.2. The molecule has 442 valence electrons. The lowest BCUT2D eigenvalue weighted by atomic mass is 9.99. The first-order valence-electron chi connectivity index (χ1n) is 33.2. The van der Waals surface area contributed by atoms with Gasteiger partial charge in [0.1, 0.15) is 24.4 Å². The van der Waals surface area contributed by atoms with E-state index in [1.807, 2.05) is 0 Å². The third-order valence-corrected chi connectivity index (χ3v) is 16.5. The highest BCUT2D eigenvalue weighted by Gasteiger charge is 2.44. The minimum atomic E-state index is -1.55. The largest absolute Gasteiger partial charge is 0.394 e. The first-order chi connectivity index (χ1) is 36.3. The summed E-state index contributed by atoms with van der Waals surface area (Å²) in [7, 11) is 0. The van der Waals surface area contributed by atoms with Gasteiger partial charge in [-0.05, 0) is 12.8 Å². The Labute approximate surface area is 459 Å². The number of carbonyl (C=O) groups excluding carboxylic acids is 1. The van der Waals surface area contributed by atoms with E-state index in [4.69, 9.17) is 9.47 Å². The number of nitrogens with one attached hydrogen (secondary N) is 1. The molecule has 0 aliphatic carbocycles. The second kappa shape index (κ2) is 55.5. The molecular weight excluding hydrogens is 923 g/mol. The fraction of sp³-hybridized carbons (Fsp3) is 0.985. The van der Waals surface area contributed by atoms with Crippen molar-refractivity contribution in [2.75, 3.05) is 13.2 Å². The third kappa shape index (κ3) is 44.1. The summed E-state index contributed by atoms with van der Waals surface area (Å²) in [5.74, 6) is -0.135. The number of amides is 1. The minimum absolute atomic E-state index is 0.131. The molecule has 0 aromatic rings. The maximum atomic E-state index is 13.1. The summed E-state index contributed by atoms with van der Waals surface area (Å²) in [6, 6.07) is -0.713. The van der Waals surface area contributed by atoms with Crippen molar-refractivity contribution in [3.8, 4) is 0 Å². The molecule has 1 aliphatic rings. The molecule has 1 amide bonds. The van der Waals surface area contributed by atoms with Crippen LogP contribution in [0.15, 0.2) is 0 Å². The number of hydrogen-bond donors (Lipinski definition) is 6. The molecule has 1 rings (SSSR count). The number of aliphatic hydroxyl groups excluding tert-OH is 5. The van der Waals surface area contributed by atoms with Crippen LogP contribution in [0.3, 0.4) is 0 Å². The predicted octanol–water partition coefficient (Wildman–Crippen LogP) is 17.4. The van der Waals surface area contributed by atoms with Crippen molar-refractivity contribution in [1.82, 2.24) is 5.32 Å². The summed E-state index contributed by atoms with van der Waals surface area (Å²) < 4.78 is 11.3. The highest BCUT2D eigenvalue weighted by atomic mass is 16.7. The van der Waals surface area contributed by atoms with Gasteiger partial charge in [0.15, 0.2) is 6.29 Å². The lowest BCUT2D eigenvalue weighted by molar-refractivity contribution is -0.302. The highest BCUT2D eigenvalue weighted by Crippen LogP contribution is 2.24. The topological polar surface area (TPSA) is 149 Å². The van der Waals surface area contributed by atoms with Gasteiger partial charge in [-0.1, -0.05) is 335 Å². The van der Waals surface area contributed by atoms with E-state index < -0.39 is 49.5 Å². The summed E-state index contributed by atoms with van der Waals surface area (Å²) in [5, 5.41) is 54.7. The Balaban J connectivity index is 2.03. The molecule has 0 saturated carbocycles. The minimum Gasteiger partial charge on any atom is -0.394 e. The normalized spacial score (nSPS) is 18.8. The first-order valence-corrected chi connectivity index (χ1v) is 33.2. The molecule has 1 fully saturated rings. The average Bonchev–Trinajstić information content (AvgIpc) is 3.40. The van der Waals surface area contributed by atoms with E-state index in [0.717, 1.165) is 38.5 Å². The van der Waals surface area contributed by atoms with E-state index in [9.17, 15) is 30.3 Å². The molecular formula is C65H129NO8.